The standard InChI is InChI=1S/C21H26N2O5S/c1-16-6-3-4-8-20(16)22-21(24)23(15-19-7-5-13-27-19)14-17-9-11-18(12-10-17)28-29(2,25)26/h3-4,6,8-12,19H,5,7,13-15H2,1-2H3,(H,22,24). The lowest BCUT2D eigenvalue weighted by atomic mass is 10.1. The zero-order valence-electron chi connectivity index (χ0n) is 16.6. The monoisotopic (exact) mass is 418 g/mol. The first-order valence-electron chi connectivity index (χ1n) is 9.52. The number of para-hydroxylation sites is 1. The highest BCUT2D eigenvalue weighted by Crippen LogP contribution is 2.20. The fourth-order valence-corrected chi connectivity index (χ4v) is 3.67. The van der Waals surface area contributed by atoms with E-state index >= 15 is 0 Å². The van der Waals surface area contributed by atoms with Crippen LogP contribution in [0.2, 0.25) is 0 Å². The van der Waals surface area contributed by atoms with Crippen LogP contribution in [-0.2, 0) is 21.4 Å². The van der Waals surface area contributed by atoms with Crippen molar-refractivity contribution in [3.63, 3.8) is 0 Å². The van der Waals surface area contributed by atoms with E-state index in [1.54, 1.807) is 29.2 Å². The van der Waals surface area contributed by atoms with E-state index in [0.717, 1.165) is 42.5 Å². The molecule has 2 aromatic carbocycles. The maximum absolute atomic E-state index is 13.0. The number of urea groups is 1. The zero-order valence-corrected chi connectivity index (χ0v) is 17.4. The van der Waals surface area contributed by atoms with Gasteiger partial charge >= 0.3 is 16.1 Å². The van der Waals surface area contributed by atoms with Crippen LogP contribution < -0.4 is 9.50 Å². The molecule has 1 fully saturated rings. The normalized spacial score (nSPS) is 16.4. The summed E-state index contributed by atoms with van der Waals surface area (Å²) >= 11 is 0. The second kappa shape index (κ2) is 9.28. The Bertz CT molecular complexity index is 938. The highest BCUT2D eigenvalue weighted by molar-refractivity contribution is 7.86. The molecule has 8 heteroatoms. The van der Waals surface area contributed by atoms with Gasteiger partial charge in [-0.2, -0.15) is 8.42 Å². The number of benzene rings is 2. The maximum Gasteiger partial charge on any atom is 0.322 e. The van der Waals surface area contributed by atoms with E-state index in [4.69, 9.17) is 8.92 Å². The Morgan fingerprint density at radius 3 is 2.55 bits per heavy atom. The molecule has 1 heterocycles. The van der Waals surface area contributed by atoms with Crippen molar-refractivity contribution in [2.75, 3.05) is 24.7 Å². The third kappa shape index (κ3) is 6.47. The van der Waals surface area contributed by atoms with Gasteiger partial charge < -0.3 is 19.1 Å². The fourth-order valence-electron chi connectivity index (χ4n) is 3.21. The molecule has 1 aliphatic heterocycles. The summed E-state index contributed by atoms with van der Waals surface area (Å²) in [6.45, 7) is 3.52. The van der Waals surface area contributed by atoms with E-state index < -0.39 is 10.1 Å². The summed E-state index contributed by atoms with van der Waals surface area (Å²) < 4.78 is 33.1. The first-order chi connectivity index (χ1) is 13.8. The summed E-state index contributed by atoms with van der Waals surface area (Å²) in [5.74, 6) is 0.242. The highest BCUT2D eigenvalue weighted by atomic mass is 32.2. The van der Waals surface area contributed by atoms with Crippen molar-refractivity contribution in [2.24, 2.45) is 0 Å². The predicted molar refractivity (Wildman–Crippen MR) is 111 cm³/mol. The average molecular weight is 419 g/mol. The molecule has 2 aromatic rings. The van der Waals surface area contributed by atoms with E-state index in [1.165, 1.54) is 0 Å². The molecule has 1 saturated heterocycles. The largest absolute Gasteiger partial charge is 0.383 e. The number of carbonyl (C=O) groups is 1. The molecule has 1 atom stereocenters. The minimum Gasteiger partial charge on any atom is -0.383 e. The molecule has 1 N–H and O–H groups in total. The van der Waals surface area contributed by atoms with E-state index in [0.29, 0.717) is 13.1 Å². The van der Waals surface area contributed by atoms with Crippen molar-refractivity contribution >= 4 is 21.8 Å². The Balaban J connectivity index is 1.72. The second-order valence-electron chi connectivity index (χ2n) is 7.19. The number of hydrogen-bond acceptors (Lipinski definition) is 5. The van der Waals surface area contributed by atoms with Crippen LogP contribution in [0.5, 0.6) is 5.75 Å². The number of amides is 2. The van der Waals surface area contributed by atoms with Gasteiger partial charge in [-0.15, -0.1) is 0 Å². The minimum absolute atomic E-state index is 0.0189. The first kappa shape index (κ1) is 21.1. The van der Waals surface area contributed by atoms with Crippen molar-refractivity contribution in [1.82, 2.24) is 4.90 Å². The molecular weight excluding hydrogens is 392 g/mol. The molecule has 1 aliphatic rings. The number of rotatable bonds is 7. The van der Waals surface area contributed by atoms with Crippen LogP contribution in [0.25, 0.3) is 0 Å². The molecule has 0 aliphatic carbocycles. The number of nitrogens with one attached hydrogen (secondary N) is 1. The van der Waals surface area contributed by atoms with Gasteiger partial charge in [0.2, 0.25) is 0 Å². The van der Waals surface area contributed by atoms with Gasteiger partial charge in [-0.1, -0.05) is 30.3 Å². The van der Waals surface area contributed by atoms with Crippen LogP contribution >= 0.6 is 0 Å². The van der Waals surface area contributed by atoms with Crippen LogP contribution in [0, 0.1) is 6.92 Å². The van der Waals surface area contributed by atoms with Crippen LogP contribution in [-0.4, -0.2) is 44.9 Å². The molecule has 156 valence electrons. The fraction of sp³-hybridized carbons (Fsp3) is 0.381. The summed E-state index contributed by atoms with van der Waals surface area (Å²) in [5, 5.41) is 2.97. The average Bonchev–Trinajstić information content (AvgIpc) is 3.16. The van der Waals surface area contributed by atoms with Gasteiger partial charge in [-0.05, 0) is 49.1 Å². The number of nitrogens with zero attached hydrogens (tertiary/aromatic N) is 1. The third-order valence-electron chi connectivity index (χ3n) is 4.67. The zero-order chi connectivity index (χ0) is 20.9. The number of anilines is 1. The van der Waals surface area contributed by atoms with Gasteiger partial charge in [0.05, 0.1) is 12.4 Å². The molecule has 7 nitrogen and oxygen atoms in total. The molecule has 0 aromatic heterocycles. The summed E-state index contributed by atoms with van der Waals surface area (Å²) in [6.07, 6.45) is 2.94. The molecule has 2 amide bonds. The molecule has 0 saturated carbocycles. The van der Waals surface area contributed by atoms with Gasteiger partial charge in [0.25, 0.3) is 0 Å². The van der Waals surface area contributed by atoms with E-state index in [9.17, 15) is 13.2 Å². The van der Waals surface area contributed by atoms with Crippen LogP contribution in [0.15, 0.2) is 48.5 Å². The lowest BCUT2D eigenvalue weighted by molar-refractivity contribution is 0.0819. The van der Waals surface area contributed by atoms with E-state index in [1.807, 2.05) is 31.2 Å². The predicted octanol–water partition coefficient (Wildman–Crippen LogP) is 3.55. The summed E-state index contributed by atoms with van der Waals surface area (Å²) in [4.78, 5) is 14.7. The topological polar surface area (TPSA) is 84.9 Å². The van der Waals surface area contributed by atoms with Gasteiger partial charge in [-0.3, -0.25) is 0 Å². The smallest absolute Gasteiger partial charge is 0.322 e. The van der Waals surface area contributed by atoms with E-state index in [-0.39, 0.29) is 17.9 Å². The molecule has 3 rings (SSSR count). The first-order valence-corrected chi connectivity index (χ1v) is 11.3. The van der Waals surface area contributed by atoms with Gasteiger partial charge in [0.1, 0.15) is 5.75 Å². The number of carbonyl (C=O) groups excluding carboxylic acids is 1. The van der Waals surface area contributed by atoms with Crippen LogP contribution in [0.4, 0.5) is 10.5 Å². The Morgan fingerprint density at radius 2 is 1.93 bits per heavy atom. The lowest BCUT2D eigenvalue weighted by Crippen LogP contribution is -2.39. The Morgan fingerprint density at radius 1 is 1.21 bits per heavy atom. The molecule has 1 unspecified atom stereocenters. The summed E-state index contributed by atoms with van der Waals surface area (Å²) in [6, 6.07) is 14.1. The SMILES string of the molecule is Cc1ccccc1NC(=O)N(Cc1ccc(OS(C)(=O)=O)cc1)CC1CCCO1. The number of aryl methyl sites for hydroxylation is 1. The minimum atomic E-state index is -3.57. The molecule has 0 spiro atoms. The number of ether oxygens (including phenoxy) is 1. The van der Waals surface area contributed by atoms with Gasteiger partial charge in [-0.25, -0.2) is 4.79 Å². The van der Waals surface area contributed by atoms with Gasteiger partial charge in [0, 0.05) is 25.4 Å². The maximum atomic E-state index is 13.0. The van der Waals surface area contributed by atoms with E-state index in [2.05, 4.69) is 5.32 Å². The van der Waals surface area contributed by atoms with Crippen molar-refractivity contribution in [2.45, 2.75) is 32.4 Å². The van der Waals surface area contributed by atoms with Gasteiger partial charge in [0.15, 0.2) is 0 Å². The Kier molecular flexibility index (Phi) is 6.76. The third-order valence-corrected chi connectivity index (χ3v) is 5.16. The van der Waals surface area contributed by atoms with Crippen LogP contribution in [0.3, 0.4) is 0 Å². The second-order valence-corrected chi connectivity index (χ2v) is 8.77. The molecule has 0 radical (unpaired) electrons. The summed E-state index contributed by atoms with van der Waals surface area (Å²) in [5.41, 5.74) is 2.62. The molecule has 29 heavy (non-hydrogen) atoms. The van der Waals surface area contributed by atoms with Crippen LogP contribution in [0.1, 0.15) is 24.0 Å². The quantitative estimate of drug-likeness (QED) is 0.695. The number of hydrogen-bond donors (Lipinski definition) is 1. The highest BCUT2D eigenvalue weighted by Gasteiger charge is 2.23. The molecule has 0 bridgehead atoms. The summed E-state index contributed by atoms with van der Waals surface area (Å²) in [7, 11) is -3.57. The van der Waals surface area contributed by atoms with Crippen molar-refractivity contribution < 1.29 is 22.1 Å². The lowest BCUT2D eigenvalue weighted by Gasteiger charge is -2.26. The molecular formula is C21H26N2O5S. The van der Waals surface area contributed by atoms with Crippen molar-refractivity contribution in [3.8, 4) is 5.75 Å². The Hall–Kier alpha value is -2.58. The Labute approximate surface area is 171 Å². The van der Waals surface area contributed by atoms with Crippen molar-refractivity contribution in [1.29, 1.82) is 0 Å². The van der Waals surface area contributed by atoms with Crippen molar-refractivity contribution in [3.05, 3.63) is 59.7 Å².